The molecular formula is C12H11N3O3. The first-order chi connectivity index (χ1) is 8.70. The normalized spacial score (nSPS) is 9.83. The summed E-state index contributed by atoms with van der Waals surface area (Å²) in [5.41, 5.74) is 0.422. The number of nitrogens with one attached hydrogen (secondary N) is 1. The molecule has 1 heterocycles. The van der Waals surface area contributed by atoms with Crippen molar-refractivity contribution in [3.8, 4) is 11.5 Å². The van der Waals surface area contributed by atoms with E-state index >= 15 is 0 Å². The van der Waals surface area contributed by atoms with Crippen LogP contribution in [-0.4, -0.2) is 17.0 Å². The Morgan fingerprint density at radius 2 is 1.94 bits per heavy atom. The lowest BCUT2D eigenvalue weighted by molar-refractivity contribution is -0.384. The lowest BCUT2D eigenvalue weighted by atomic mass is 10.2. The fraction of sp³-hybridized carbons (Fsp3) is 0.0833. The zero-order chi connectivity index (χ0) is 13.0. The molecule has 0 amide bonds. The van der Waals surface area contributed by atoms with Crippen molar-refractivity contribution in [3.05, 3.63) is 52.8 Å². The summed E-state index contributed by atoms with van der Waals surface area (Å²) < 4.78 is 5.50. The SMILES string of the molecule is CNc1ccc(Oc2ccncc2)cc1[N+](=O)[O-]. The Hall–Kier alpha value is -2.63. The molecule has 6 heteroatoms. The van der Waals surface area contributed by atoms with Gasteiger partial charge in [-0.1, -0.05) is 0 Å². The van der Waals surface area contributed by atoms with E-state index in [1.165, 1.54) is 6.07 Å². The molecule has 0 radical (unpaired) electrons. The molecule has 1 aromatic carbocycles. The number of nitrogens with zero attached hydrogens (tertiary/aromatic N) is 2. The molecule has 0 saturated heterocycles. The van der Waals surface area contributed by atoms with Gasteiger partial charge in [-0.15, -0.1) is 0 Å². The van der Waals surface area contributed by atoms with Crippen LogP contribution in [0.5, 0.6) is 11.5 Å². The number of benzene rings is 1. The molecule has 0 unspecified atom stereocenters. The summed E-state index contributed by atoms with van der Waals surface area (Å²) in [6.07, 6.45) is 3.18. The Morgan fingerprint density at radius 1 is 1.22 bits per heavy atom. The van der Waals surface area contributed by atoms with Gasteiger partial charge in [-0.05, 0) is 24.3 Å². The van der Waals surface area contributed by atoms with Crippen molar-refractivity contribution in [2.45, 2.75) is 0 Å². The maximum atomic E-state index is 10.9. The third-order valence-electron chi connectivity index (χ3n) is 2.32. The van der Waals surface area contributed by atoms with Crippen LogP contribution in [0.3, 0.4) is 0 Å². The van der Waals surface area contributed by atoms with Crippen LogP contribution in [-0.2, 0) is 0 Å². The molecule has 18 heavy (non-hydrogen) atoms. The predicted molar refractivity (Wildman–Crippen MR) is 67.0 cm³/mol. The molecule has 1 N–H and O–H groups in total. The maximum Gasteiger partial charge on any atom is 0.296 e. The summed E-state index contributed by atoms with van der Waals surface area (Å²) in [5, 5.41) is 13.6. The molecule has 0 fully saturated rings. The minimum atomic E-state index is -0.453. The number of rotatable bonds is 4. The maximum absolute atomic E-state index is 10.9. The number of ether oxygens (including phenoxy) is 1. The highest BCUT2D eigenvalue weighted by Gasteiger charge is 2.14. The fourth-order valence-electron chi connectivity index (χ4n) is 1.48. The van der Waals surface area contributed by atoms with Gasteiger partial charge in [-0.3, -0.25) is 15.1 Å². The molecule has 2 aromatic rings. The molecule has 1 aromatic heterocycles. The standard InChI is InChI=1S/C12H11N3O3/c1-13-11-3-2-10(8-12(11)15(16)17)18-9-4-6-14-7-5-9/h2-8,13H,1H3. The molecule has 0 aliphatic heterocycles. The van der Waals surface area contributed by atoms with Crippen LogP contribution in [0.15, 0.2) is 42.7 Å². The summed E-state index contributed by atoms with van der Waals surface area (Å²) in [4.78, 5) is 14.3. The quantitative estimate of drug-likeness (QED) is 0.662. The van der Waals surface area contributed by atoms with Crippen LogP contribution in [0.4, 0.5) is 11.4 Å². The van der Waals surface area contributed by atoms with Crippen LogP contribution in [0.1, 0.15) is 0 Å². The Kier molecular flexibility index (Phi) is 3.38. The minimum Gasteiger partial charge on any atom is -0.457 e. The smallest absolute Gasteiger partial charge is 0.296 e. The average Bonchev–Trinajstić information content (AvgIpc) is 2.40. The van der Waals surface area contributed by atoms with Gasteiger partial charge in [-0.2, -0.15) is 0 Å². The molecule has 0 aliphatic carbocycles. The molecule has 0 saturated carbocycles. The van der Waals surface area contributed by atoms with E-state index in [0.29, 0.717) is 17.2 Å². The van der Waals surface area contributed by atoms with E-state index in [1.54, 1.807) is 43.7 Å². The highest BCUT2D eigenvalue weighted by Crippen LogP contribution is 2.30. The molecule has 6 nitrogen and oxygen atoms in total. The molecule has 0 atom stereocenters. The van der Waals surface area contributed by atoms with E-state index in [9.17, 15) is 10.1 Å². The number of nitro benzene ring substituents is 1. The van der Waals surface area contributed by atoms with Crippen LogP contribution in [0, 0.1) is 10.1 Å². The fourth-order valence-corrected chi connectivity index (χ4v) is 1.48. The highest BCUT2D eigenvalue weighted by molar-refractivity contribution is 5.63. The second kappa shape index (κ2) is 5.13. The molecule has 2 rings (SSSR count). The summed E-state index contributed by atoms with van der Waals surface area (Å²) >= 11 is 0. The average molecular weight is 245 g/mol. The third kappa shape index (κ3) is 2.54. The summed E-state index contributed by atoms with van der Waals surface area (Å²) in [7, 11) is 1.63. The topological polar surface area (TPSA) is 77.3 Å². The van der Waals surface area contributed by atoms with E-state index in [-0.39, 0.29) is 5.69 Å². The van der Waals surface area contributed by atoms with Crippen LogP contribution in [0.25, 0.3) is 0 Å². The Bertz CT molecular complexity index is 558. The van der Waals surface area contributed by atoms with Crippen molar-refractivity contribution in [1.82, 2.24) is 4.98 Å². The second-order valence-corrected chi connectivity index (χ2v) is 3.47. The predicted octanol–water partition coefficient (Wildman–Crippen LogP) is 2.82. The first kappa shape index (κ1) is 11.8. The van der Waals surface area contributed by atoms with Crippen LogP contribution >= 0.6 is 0 Å². The van der Waals surface area contributed by atoms with Gasteiger partial charge in [0.05, 0.1) is 11.0 Å². The van der Waals surface area contributed by atoms with Crippen molar-refractivity contribution >= 4 is 11.4 Å². The number of aromatic nitrogens is 1. The molecule has 0 aliphatic rings. The van der Waals surface area contributed by atoms with Gasteiger partial charge in [-0.25, -0.2) is 0 Å². The Balaban J connectivity index is 2.30. The molecule has 0 bridgehead atoms. The zero-order valence-corrected chi connectivity index (χ0v) is 9.66. The summed E-state index contributed by atoms with van der Waals surface area (Å²) in [6, 6.07) is 8.01. The lowest BCUT2D eigenvalue weighted by Crippen LogP contribution is -1.97. The Morgan fingerprint density at radius 3 is 2.56 bits per heavy atom. The first-order valence-electron chi connectivity index (χ1n) is 5.25. The molecule has 92 valence electrons. The monoisotopic (exact) mass is 245 g/mol. The first-order valence-corrected chi connectivity index (χ1v) is 5.25. The van der Waals surface area contributed by atoms with Gasteiger partial charge in [0.2, 0.25) is 0 Å². The van der Waals surface area contributed by atoms with E-state index in [0.717, 1.165) is 0 Å². The van der Waals surface area contributed by atoms with Crippen LogP contribution < -0.4 is 10.1 Å². The number of pyridine rings is 1. The van der Waals surface area contributed by atoms with Crippen molar-refractivity contribution in [1.29, 1.82) is 0 Å². The summed E-state index contributed by atoms with van der Waals surface area (Å²) in [5.74, 6) is 0.989. The van der Waals surface area contributed by atoms with Gasteiger partial charge in [0.1, 0.15) is 17.2 Å². The van der Waals surface area contributed by atoms with Crippen molar-refractivity contribution in [2.24, 2.45) is 0 Å². The number of nitro groups is 1. The van der Waals surface area contributed by atoms with E-state index in [2.05, 4.69) is 10.3 Å². The van der Waals surface area contributed by atoms with Gasteiger partial charge >= 0.3 is 0 Å². The van der Waals surface area contributed by atoms with Gasteiger partial charge in [0.15, 0.2) is 0 Å². The van der Waals surface area contributed by atoms with Crippen molar-refractivity contribution in [3.63, 3.8) is 0 Å². The van der Waals surface area contributed by atoms with E-state index in [4.69, 9.17) is 4.74 Å². The number of hydrogen-bond acceptors (Lipinski definition) is 5. The number of anilines is 1. The van der Waals surface area contributed by atoms with E-state index in [1.807, 2.05) is 0 Å². The highest BCUT2D eigenvalue weighted by atomic mass is 16.6. The largest absolute Gasteiger partial charge is 0.457 e. The molecule has 0 spiro atoms. The van der Waals surface area contributed by atoms with Crippen LogP contribution in [0.2, 0.25) is 0 Å². The van der Waals surface area contributed by atoms with Gasteiger partial charge in [0.25, 0.3) is 5.69 Å². The summed E-state index contributed by atoms with van der Waals surface area (Å²) in [6.45, 7) is 0. The lowest BCUT2D eigenvalue weighted by Gasteiger charge is -2.07. The Labute approximate surface area is 103 Å². The zero-order valence-electron chi connectivity index (χ0n) is 9.66. The van der Waals surface area contributed by atoms with Gasteiger partial charge in [0, 0.05) is 19.4 Å². The second-order valence-electron chi connectivity index (χ2n) is 3.47. The third-order valence-corrected chi connectivity index (χ3v) is 2.32. The van der Waals surface area contributed by atoms with Crippen molar-refractivity contribution < 1.29 is 9.66 Å². The van der Waals surface area contributed by atoms with E-state index < -0.39 is 4.92 Å². The minimum absolute atomic E-state index is 0.0240. The van der Waals surface area contributed by atoms with Crippen molar-refractivity contribution in [2.75, 3.05) is 12.4 Å². The molecular weight excluding hydrogens is 234 g/mol. The number of hydrogen-bond donors (Lipinski definition) is 1. The van der Waals surface area contributed by atoms with Gasteiger partial charge < -0.3 is 10.1 Å².